The van der Waals surface area contributed by atoms with Gasteiger partial charge in [0, 0.05) is 24.0 Å². The molecule has 3 aromatic rings. The largest absolute Gasteiger partial charge is 0.352 e. The molecule has 39 heavy (non-hydrogen) atoms. The van der Waals surface area contributed by atoms with Gasteiger partial charge in [-0.15, -0.1) is 0 Å². The molecular weight excluding hydrogens is 534 g/mol. The number of nitrogens with one attached hydrogen (secondary N) is 1. The van der Waals surface area contributed by atoms with Crippen LogP contribution in [0.1, 0.15) is 36.8 Å². The smallest absolute Gasteiger partial charge is 0.244 e. The van der Waals surface area contributed by atoms with E-state index in [1.807, 2.05) is 60.7 Å². The molecule has 7 nitrogen and oxygen atoms in total. The standard InChI is InChI=1S/C30H34ClN3O4S/c1-39(37,38)34(27-18-10-15-25(31)20-27)22-29(35)33(21-24-13-6-3-7-14-24)28(19-23-11-4-2-5-12-23)30(36)32-26-16-8-9-17-26/h2-7,10-15,18,20,26,28H,8-9,16-17,19,21-22H2,1H3,(H,32,36)/t28-/m0/s1. The van der Waals surface area contributed by atoms with Crippen molar-refractivity contribution < 1.29 is 18.0 Å². The van der Waals surface area contributed by atoms with Gasteiger partial charge in [-0.25, -0.2) is 8.42 Å². The molecule has 0 saturated heterocycles. The van der Waals surface area contributed by atoms with E-state index in [9.17, 15) is 18.0 Å². The molecule has 0 bridgehead atoms. The van der Waals surface area contributed by atoms with Crippen LogP contribution in [0.4, 0.5) is 5.69 Å². The molecule has 1 saturated carbocycles. The van der Waals surface area contributed by atoms with Crippen molar-refractivity contribution in [3.8, 4) is 0 Å². The van der Waals surface area contributed by atoms with Gasteiger partial charge in [0.2, 0.25) is 21.8 Å². The number of benzene rings is 3. The number of amides is 2. The second-order valence-electron chi connectivity index (χ2n) is 9.95. The predicted molar refractivity (Wildman–Crippen MR) is 155 cm³/mol. The van der Waals surface area contributed by atoms with Gasteiger partial charge in [0.15, 0.2) is 0 Å². The second kappa shape index (κ2) is 13.1. The quantitative estimate of drug-likeness (QED) is 0.360. The van der Waals surface area contributed by atoms with Crippen LogP contribution in [0.25, 0.3) is 0 Å². The van der Waals surface area contributed by atoms with Gasteiger partial charge in [-0.2, -0.15) is 0 Å². The van der Waals surface area contributed by atoms with Gasteiger partial charge >= 0.3 is 0 Å². The number of rotatable bonds is 11. The second-order valence-corrected chi connectivity index (χ2v) is 12.3. The SMILES string of the molecule is CS(=O)(=O)N(CC(=O)N(Cc1ccccc1)[C@@H](Cc1ccccc1)C(=O)NC1CCCC1)c1cccc(Cl)c1. The molecule has 1 aliphatic rings. The zero-order valence-corrected chi connectivity index (χ0v) is 23.6. The van der Waals surface area contributed by atoms with Crippen LogP contribution in [0, 0.1) is 0 Å². The van der Waals surface area contributed by atoms with Gasteiger partial charge < -0.3 is 10.2 Å². The van der Waals surface area contributed by atoms with Crippen molar-refractivity contribution in [2.75, 3.05) is 17.1 Å². The highest BCUT2D eigenvalue weighted by Gasteiger charge is 2.34. The molecule has 0 radical (unpaired) electrons. The van der Waals surface area contributed by atoms with E-state index in [0.717, 1.165) is 47.4 Å². The average Bonchev–Trinajstić information content (AvgIpc) is 3.42. The molecule has 1 aliphatic carbocycles. The molecule has 206 valence electrons. The van der Waals surface area contributed by atoms with Gasteiger partial charge in [-0.3, -0.25) is 13.9 Å². The lowest BCUT2D eigenvalue weighted by Crippen LogP contribution is -2.54. The van der Waals surface area contributed by atoms with Crippen molar-refractivity contribution in [1.29, 1.82) is 0 Å². The number of hydrogen-bond donors (Lipinski definition) is 1. The third-order valence-electron chi connectivity index (χ3n) is 6.94. The maximum Gasteiger partial charge on any atom is 0.244 e. The van der Waals surface area contributed by atoms with Crippen molar-refractivity contribution in [3.05, 3.63) is 101 Å². The summed E-state index contributed by atoms with van der Waals surface area (Å²) in [7, 11) is -3.83. The highest BCUT2D eigenvalue weighted by molar-refractivity contribution is 7.92. The molecule has 0 aliphatic heterocycles. The number of sulfonamides is 1. The van der Waals surface area contributed by atoms with Crippen LogP contribution in [0.2, 0.25) is 5.02 Å². The summed E-state index contributed by atoms with van der Waals surface area (Å²) in [6.07, 6.45) is 5.29. The average molecular weight is 568 g/mol. The van der Waals surface area contributed by atoms with Gasteiger partial charge in [0.1, 0.15) is 12.6 Å². The molecule has 0 spiro atoms. The Morgan fingerprint density at radius 2 is 1.54 bits per heavy atom. The van der Waals surface area contributed by atoms with Crippen LogP contribution in [0.15, 0.2) is 84.9 Å². The fraction of sp³-hybridized carbons (Fsp3) is 0.333. The summed E-state index contributed by atoms with van der Waals surface area (Å²) >= 11 is 6.14. The molecule has 4 rings (SSSR count). The number of halogens is 1. The Bertz CT molecular complexity index is 1360. The van der Waals surface area contributed by atoms with E-state index < -0.39 is 28.5 Å². The number of nitrogens with zero attached hydrogens (tertiary/aromatic N) is 2. The van der Waals surface area contributed by atoms with E-state index in [4.69, 9.17) is 11.6 Å². The molecule has 3 aromatic carbocycles. The minimum Gasteiger partial charge on any atom is -0.352 e. The first-order chi connectivity index (χ1) is 18.7. The maximum absolute atomic E-state index is 14.0. The van der Waals surface area contributed by atoms with Crippen molar-refractivity contribution in [2.45, 2.75) is 50.7 Å². The van der Waals surface area contributed by atoms with Gasteiger partial charge in [0.25, 0.3) is 0 Å². The fourth-order valence-corrected chi connectivity index (χ4v) is 5.97. The fourth-order valence-electron chi connectivity index (χ4n) is 4.95. The lowest BCUT2D eigenvalue weighted by atomic mass is 10.0. The summed E-state index contributed by atoms with van der Waals surface area (Å²) in [6, 6.07) is 24.6. The highest BCUT2D eigenvalue weighted by atomic mass is 35.5. The molecule has 2 amide bonds. The molecular formula is C30H34ClN3O4S. The summed E-state index contributed by atoms with van der Waals surface area (Å²) in [5.41, 5.74) is 2.03. The molecule has 9 heteroatoms. The Labute approximate surface area is 235 Å². The van der Waals surface area contributed by atoms with Gasteiger partial charge in [0.05, 0.1) is 11.9 Å². The lowest BCUT2D eigenvalue weighted by Gasteiger charge is -2.34. The zero-order chi connectivity index (χ0) is 27.8. The van der Waals surface area contributed by atoms with Crippen LogP contribution in [0.3, 0.4) is 0 Å². The summed E-state index contributed by atoms with van der Waals surface area (Å²) in [5.74, 6) is -0.713. The molecule has 1 N–H and O–H groups in total. The molecule has 0 aromatic heterocycles. The van der Waals surface area contributed by atoms with Crippen LogP contribution in [-0.2, 0) is 32.6 Å². The number of carbonyl (C=O) groups excluding carboxylic acids is 2. The summed E-state index contributed by atoms with van der Waals surface area (Å²) in [5, 5.41) is 3.52. The zero-order valence-electron chi connectivity index (χ0n) is 22.0. The highest BCUT2D eigenvalue weighted by Crippen LogP contribution is 2.24. The van der Waals surface area contributed by atoms with Gasteiger partial charge in [-0.05, 0) is 42.2 Å². The van der Waals surface area contributed by atoms with E-state index in [2.05, 4.69) is 5.32 Å². The molecule has 1 atom stereocenters. The van der Waals surface area contributed by atoms with Gasteiger partial charge in [-0.1, -0.05) is 91.2 Å². The topological polar surface area (TPSA) is 86.8 Å². The maximum atomic E-state index is 14.0. The third kappa shape index (κ3) is 8.07. The number of carbonyl (C=O) groups is 2. The number of hydrogen-bond acceptors (Lipinski definition) is 4. The molecule has 1 fully saturated rings. The first-order valence-electron chi connectivity index (χ1n) is 13.1. The minimum absolute atomic E-state index is 0.0726. The van der Waals surface area contributed by atoms with Crippen LogP contribution in [-0.4, -0.2) is 50.0 Å². The Hall–Kier alpha value is -3.36. The first-order valence-corrected chi connectivity index (χ1v) is 15.3. The first kappa shape index (κ1) is 28.6. The minimum atomic E-state index is -3.83. The van der Waals surface area contributed by atoms with Crippen molar-refractivity contribution >= 4 is 39.1 Å². The van der Waals surface area contributed by atoms with Crippen LogP contribution >= 0.6 is 11.6 Å². The number of anilines is 1. The predicted octanol–water partition coefficient (Wildman–Crippen LogP) is 4.80. The van der Waals surface area contributed by atoms with Crippen molar-refractivity contribution in [1.82, 2.24) is 10.2 Å². The van der Waals surface area contributed by atoms with E-state index in [1.165, 1.54) is 11.0 Å². The van der Waals surface area contributed by atoms with E-state index in [1.54, 1.807) is 18.2 Å². The summed E-state index contributed by atoms with van der Waals surface area (Å²) < 4.78 is 26.7. The Morgan fingerprint density at radius 3 is 2.13 bits per heavy atom. The Balaban J connectivity index is 1.70. The lowest BCUT2D eigenvalue weighted by molar-refractivity contribution is -0.140. The molecule has 0 unspecified atom stereocenters. The molecule has 0 heterocycles. The van der Waals surface area contributed by atoms with E-state index >= 15 is 0 Å². The van der Waals surface area contributed by atoms with E-state index in [0.29, 0.717) is 11.4 Å². The Morgan fingerprint density at radius 1 is 0.923 bits per heavy atom. The van der Waals surface area contributed by atoms with Crippen LogP contribution in [0.5, 0.6) is 0 Å². The van der Waals surface area contributed by atoms with Crippen molar-refractivity contribution in [2.24, 2.45) is 0 Å². The summed E-state index contributed by atoms with van der Waals surface area (Å²) in [6.45, 7) is -0.309. The Kier molecular flexibility index (Phi) is 9.64. The van der Waals surface area contributed by atoms with Crippen LogP contribution < -0.4 is 9.62 Å². The summed E-state index contributed by atoms with van der Waals surface area (Å²) in [4.78, 5) is 29.3. The van der Waals surface area contributed by atoms with Crippen molar-refractivity contribution in [3.63, 3.8) is 0 Å². The third-order valence-corrected chi connectivity index (χ3v) is 8.32. The van der Waals surface area contributed by atoms with E-state index in [-0.39, 0.29) is 24.2 Å². The normalized spacial score (nSPS) is 14.5. The monoisotopic (exact) mass is 567 g/mol.